The molecule has 2 aromatic carbocycles. The van der Waals surface area contributed by atoms with Crippen LogP contribution in [0.3, 0.4) is 0 Å². The standard InChI is InChI=1S/C19H19N5O3/c1-27-15-5-2-13(3-6-15)11-23-8-9-24(12-18(23)25)19(26)14-4-7-16-17(10-14)21-22-20-16/h2-7,10H,8-9,11-12H2,1H3,(H,20,21,22). The van der Waals surface area contributed by atoms with Crippen LogP contribution in [0.5, 0.6) is 5.75 Å². The Morgan fingerprint density at radius 2 is 1.89 bits per heavy atom. The predicted molar refractivity (Wildman–Crippen MR) is 98.2 cm³/mol. The van der Waals surface area contributed by atoms with Gasteiger partial charge in [0.15, 0.2) is 0 Å². The summed E-state index contributed by atoms with van der Waals surface area (Å²) in [4.78, 5) is 28.6. The minimum absolute atomic E-state index is 0.0621. The molecule has 8 heteroatoms. The molecule has 0 saturated carbocycles. The van der Waals surface area contributed by atoms with E-state index in [2.05, 4.69) is 15.4 Å². The first-order valence-electron chi connectivity index (χ1n) is 8.64. The van der Waals surface area contributed by atoms with Gasteiger partial charge in [-0.3, -0.25) is 9.59 Å². The van der Waals surface area contributed by atoms with Crippen molar-refractivity contribution in [2.75, 3.05) is 26.7 Å². The Morgan fingerprint density at radius 1 is 1.11 bits per heavy atom. The first-order chi connectivity index (χ1) is 13.1. The van der Waals surface area contributed by atoms with Crippen LogP contribution in [-0.2, 0) is 11.3 Å². The van der Waals surface area contributed by atoms with Gasteiger partial charge in [-0.2, -0.15) is 15.4 Å². The van der Waals surface area contributed by atoms with Crippen molar-refractivity contribution >= 4 is 22.8 Å². The van der Waals surface area contributed by atoms with Crippen LogP contribution in [-0.4, -0.2) is 63.8 Å². The van der Waals surface area contributed by atoms with Gasteiger partial charge in [-0.05, 0) is 35.9 Å². The lowest BCUT2D eigenvalue weighted by Crippen LogP contribution is -2.51. The third-order valence-electron chi connectivity index (χ3n) is 4.70. The van der Waals surface area contributed by atoms with Gasteiger partial charge < -0.3 is 14.5 Å². The third-order valence-corrected chi connectivity index (χ3v) is 4.70. The van der Waals surface area contributed by atoms with Crippen LogP contribution in [0.1, 0.15) is 15.9 Å². The highest BCUT2D eigenvalue weighted by Gasteiger charge is 2.28. The largest absolute Gasteiger partial charge is 0.497 e. The monoisotopic (exact) mass is 365 g/mol. The molecule has 0 radical (unpaired) electrons. The van der Waals surface area contributed by atoms with E-state index in [0.717, 1.165) is 11.3 Å². The summed E-state index contributed by atoms with van der Waals surface area (Å²) in [6, 6.07) is 12.8. The second kappa shape index (κ2) is 7.06. The molecule has 1 aliphatic heterocycles. The fourth-order valence-corrected chi connectivity index (χ4v) is 3.16. The maximum atomic E-state index is 12.7. The van der Waals surface area contributed by atoms with Crippen molar-refractivity contribution < 1.29 is 14.3 Å². The van der Waals surface area contributed by atoms with Crippen LogP contribution in [0.15, 0.2) is 42.5 Å². The summed E-state index contributed by atoms with van der Waals surface area (Å²) in [7, 11) is 1.62. The molecule has 1 fully saturated rings. The van der Waals surface area contributed by atoms with E-state index >= 15 is 0 Å². The molecule has 4 rings (SSSR count). The molecule has 0 unspecified atom stereocenters. The van der Waals surface area contributed by atoms with Crippen LogP contribution in [0.25, 0.3) is 11.0 Å². The molecule has 138 valence electrons. The quantitative estimate of drug-likeness (QED) is 0.756. The molecule has 1 aliphatic rings. The molecule has 2 heterocycles. The summed E-state index contributed by atoms with van der Waals surface area (Å²) >= 11 is 0. The maximum Gasteiger partial charge on any atom is 0.254 e. The number of aromatic amines is 1. The van der Waals surface area contributed by atoms with Crippen molar-refractivity contribution in [1.29, 1.82) is 0 Å². The zero-order chi connectivity index (χ0) is 18.8. The highest BCUT2D eigenvalue weighted by Crippen LogP contribution is 2.17. The zero-order valence-corrected chi connectivity index (χ0v) is 14.9. The highest BCUT2D eigenvalue weighted by molar-refractivity contribution is 5.99. The number of rotatable bonds is 4. The number of amides is 2. The summed E-state index contributed by atoms with van der Waals surface area (Å²) in [6.45, 7) is 1.60. The highest BCUT2D eigenvalue weighted by atomic mass is 16.5. The molecular weight excluding hydrogens is 346 g/mol. The third kappa shape index (κ3) is 3.46. The van der Waals surface area contributed by atoms with E-state index in [0.29, 0.717) is 36.2 Å². The van der Waals surface area contributed by atoms with E-state index in [1.165, 1.54) is 0 Å². The van der Waals surface area contributed by atoms with E-state index in [9.17, 15) is 9.59 Å². The minimum Gasteiger partial charge on any atom is -0.497 e. The van der Waals surface area contributed by atoms with E-state index < -0.39 is 0 Å². The number of fused-ring (bicyclic) bond motifs is 1. The molecular formula is C19H19N5O3. The average molecular weight is 365 g/mol. The Bertz CT molecular complexity index is 982. The van der Waals surface area contributed by atoms with E-state index in [1.54, 1.807) is 35.1 Å². The SMILES string of the molecule is COc1ccc(CN2CCN(C(=O)c3ccc4n[nH]nc4c3)CC2=O)cc1. The number of hydrogen-bond acceptors (Lipinski definition) is 5. The number of hydrogen-bond donors (Lipinski definition) is 1. The summed E-state index contributed by atoms with van der Waals surface area (Å²) in [6.07, 6.45) is 0. The lowest BCUT2D eigenvalue weighted by atomic mass is 10.1. The van der Waals surface area contributed by atoms with Gasteiger partial charge in [-0.15, -0.1) is 0 Å². The number of aromatic nitrogens is 3. The van der Waals surface area contributed by atoms with Crippen LogP contribution >= 0.6 is 0 Å². The van der Waals surface area contributed by atoms with Gasteiger partial charge in [0.25, 0.3) is 5.91 Å². The zero-order valence-electron chi connectivity index (χ0n) is 14.9. The van der Waals surface area contributed by atoms with E-state index in [-0.39, 0.29) is 18.4 Å². The fraction of sp³-hybridized carbons (Fsp3) is 0.263. The number of carbonyl (C=O) groups excluding carboxylic acids is 2. The van der Waals surface area contributed by atoms with Gasteiger partial charge in [0.1, 0.15) is 23.3 Å². The van der Waals surface area contributed by atoms with E-state index in [1.807, 2.05) is 24.3 Å². The fourth-order valence-electron chi connectivity index (χ4n) is 3.16. The summed E-state index contributed by atoms with van der Waals surface area (Å²) in [5.41, 5.74) is 2.87. The lowest BCUT2D eigenvalue weighted by molar-refractivity contribution is -0.135. The predicted octanol–water partition coefficient (Wildman–Crippen LogP) is 1.45. The van der Waals surface area contributed by atoms with Gasteiger partial charge >= 0.3 is 0 Å². The van der Waals surface area contributed by atoms with Gasteiger partial charge in [-0.1, -0.05) is 12.1 Å². The number of benzene rings is 2. The van der Waals surface area contributed by atoms with Crippen molar-refractivity contribution in [2.45, 2.75) is 6.54 Å². The van der Waals surface area contributed by atoms with Crippen molar-refractivity contribution in [3.63, 3.8) is 0 Å². The van der Waals surface area contributed by atoms with Crippen molar-refractivity contribution in [2.24, 2.45) is 0 Å². The number of ether oxygens (including phenoxy) is 1. The summed E-state index contributed by atoms with van der Waals surface area (Å²) in [5, 5.41) is 10.5. The smallest absolute Gasteiger partial charge is 0.254 e. The normalized spacial score (nSPS) is 14.6. The Hall–Kier alpha value is -3.42. The van der Waals surface area contributed by atoms with Crippen LogP contribution in [0, 0.1) is 0 Å². The van der Waals surface area contributed by atoms with E-state index in [4.69, 9.17) is 4.74 Å². The second-order valence-electron chi connectivity index (χ2n) is 6.42. The number of piperazine rings is 1. The van der Waals surface area contributed by atoms with Crippen LogP contribution in [0.4, 0.5) is 0 Å². The maximum absolute atomic E-state index is 12.7. The Morgan fingerprint density at radius 3 is 2.63 bits per heavy atom. The van der Waals surface area contributed by atoms with Crippen molar-refractivity contribution in [1.82, 2.24) is 25.2 Å². The summed E-state index contributed by atoms with van der Waals surface area (Å²) < 4.78 is 5.15. The Balaban J connectivity index is 1.41. The molecule has 1 N–H and O–H groups in total. The van der Waals surface area contributed by atoms with Crippen LogP contribution in [0.2, 0.25) is 0 Å². The van der Waals surface area contributed by atoms with Gasteiger partial charge in [0.05, 0.1) is 7.11 Å². The second-order valence-corrected chi connectivity index (χ2v) is 6.42. The number of carbonyl (C=O) groups is 2. The molecule has 1 aromatic heterocycles. The first-order valence-corrected chi connectivity index (χ1v) is 8.64. The molecule has 27 heavy (non-hydrogen) atoms. The molecule has 8 nitrogen and oxygen atoms in total. The van der Waals surface area contributed by atoms with Crippen LogP contribution < -0.4 is 4.74 Å². The molecule has 3 aromatic rings. The molecule has 2 amide bonds. The van der Waals surface area contributed by atoms with Crippen molar-refractivity contribution in [3.05, 3.63) is 53.6 Å². The molecule has 0 bridgehead atoms. The molecule has 1 saturated heterocycles. The number of nitrogens with one attached hydrogen (secondary N) is 1. The van der Waals surface area contributed by atoms with Crippen molar-refractivity contribution in [3.8, 4) is 5.75 Å². The number of H-pyrrole nitrogens is 1. The van der Waals surface area contributed by atoms with Gasteiger partial charge in [0, 0.05) is 25.2 Å². The number of methoxy groups -OCH3 is 1. The molecule has 0 atom stereocenters. The minimum atomic E-state index is -0.169. The first kappa shape index (κ1) is 17.0. The lowest BCUT2D eigenvalue weighted by Gasteiger charge is -2.34. The molecule has 0 aliphatic carbocycles. The van der Waals surface area contributed by atoms with Gasteiger partial charge in [0.2, 0.25) is 5.91 Å². The van der Waals surface area contributed by atoms with Gasteiger partial charge in [-0.25, -0.2) is 0 Å². The summed E-state index contributed by atoms with van der Waals surface area (Å²) in [5.74, 6) is 0.551. The molecule has 0 spiro atoms. The Labute approximate surface area is 155 Å². The average Bonchev–Trinajstić information content (AvgIpc) is 3.17. The number of nitrogens with zero attached hydrogens (tertiary/aromatic N) is 4. The topological polar surface area (TPSA) is 91.4 Å². The Kier molecular flexibility index (Phi) is 4.45.